The minimum absolute atomic E-state index is 0.00486. The lowest BCUT2D eigenvalue weighted by Gasteiger charge is -2.37. The molecular weight excluding hydrogens is 192 g/mol. The Bertz CT molecular complexity index is 207. The Balaban J connectivity index is 2.51. The van der Waals surface area contributed by atoms with Gasteiger partial charge in [-0.15, -0.1) is 0 Å². The van der Waals surface area contributed by atoms with Crippen LogP contribution in [0, 0.1) is 0 Å². The van der Waals surface area contributed by atoms with Gasteiger partial charge in [0.05, 0.1) is 12.6 Å². The molecule has 0 aromatic rings. The standard InChI is InChI=1S/C11H22N2O2/c1-4-15-12-11(14)10-7-5-6-8-13(10)9(2)3/h9-10H,4-8H2,1-3H3,(H,12,14). The largest absolute Gasteiger partial charge is 0.289 e. The molecule has 0 radical (unpaired) electrons. The van der Waals surface area contributed by atoms with Crippen molar-refractivity contribution in [1.82, 2.24) is 10.4 Å². The van der Waals surface area contributed by atoms with Crippen molar-refractivity contribution >= 4 is 5.91 Å². The van der Waals surface area contributed by atoms with E-state index in [4.69, 9.17) is 4.84 Å². The average molecular weight is 214 g/mol. The van der Waals surface area contributed by atoms with E-state index in [9.17, 15) is 4.79 Å². The van der Waals surface area contributed by atoms with Gasteiger partial charge in [-0.25, -0.2) is 5.48 Å². The Morgan fingerprint density at radius 3 is 2.87 bits per heavy atom. The van der Waals surface area contributed by atoms with Gasteiger partial charge in [0.2, 0.25) is 0 Å². The molecule has 0 aromatic heterocycles. The lowest BCUT2D eigenvalue weighted by Crippen LogP contribution is -2.52. The van der Waals surface area contributed by atoms with Gasteiger partial charge in [0.1, 0.15) is 0 Å². The molecule has 4 heteroatoms. The van der Waals surface area contributed by atoms with Gasteiger partial charge in [-0.05, 0) is 40.2 Å². The third-order valence-corrected chi connectivity index (χ3v) is 2.83. The molecule has 0 aromatic carbocycles. The number of hydrogen-bond acceptors (Lipinski definition) is 3. The summed E-state index contributed by atoms with van der Waals surface area (Å²) < 4.78 is 0. The number of carbonyl (C=O) groups is 1. The summed E-state index contributed by atoms with van der Waals surface area (Å²) in [7, 11) is 0. The predicted molar refractivity (Wildman–Crippen MR) is 59.2 cm³/mol. The highest BCUT2D eigenvalue weighted by atomic mass is 16.6. The van der Waals surface area contributed by atoms with Crippen LogP contribution in [0.15, 0.2) is 0 Å². The maximum absolute atomic E-state index is 11.8. The molecule has 1 N–H and O–H groups in total. The maximum Gasteiger partial charge on any atom is 0.260 e. The molecule has 0 saturated carbocycles. The molecule has 4 nitrogen and oxygen atoms in total. The topological polar surface area (TPSA) is 41.6 Å². The first kappa shape index (κ1) is 12.5. The van der Waals surface area contributed by atoms with Gasteiger partial charge >= 0.3 is 0 Å². The van der Waals surface area contributed by atoms with Crippen LogP contribution in [0.5, 0.6) is 0 Å². The lowest BCUT2D eigenvalue weighted by molar-refractivity contribution is -0.141. The summed E-state index contributed by atoms with van der Waals surface area (Å²) in [5.41, 5.74) is 2.51. The fraction of sp³-hybridized carbons (Fsp3) is 0.909. The van der Waals surface area contributed by atoms with Crippen LogP contribution < -0.4 is 5.48 Å². The van der Waals surface area contributed by atoms with Crippen LogP contribution in [0.1, 0.15) is 40.0 Å². The number of nitrogens with one attached hydrogen (secondary N) is 1. The van der Waals surface area contributed by atoms with Crippen molar-refractivity contribution < 1.29 is 9.63 Å². The van der Waals surface area contributed by atoms with Crippen molar-refractivity contribution in [3.05, 3.63) is 0 Å². The number of carbonyl (C=O) groups excluding carboxylic acids is 1. The van der Waals surface area contributed by atoms with Gasteiger partial charge in [-0.3, -0.25) is 14.5 Å². The lowest BCUT2D eigenvalue weighted by atomic mass is 10.00. The first-order valence-corrected chi connectivity index (χ1v) is 5.84. The highest BCUT2D eigenvalue weighted by Crippen LogP contribution is 2.19. The number of piperidine rings is 1. The van der Waals surface area contributed by atoms with E-state index < -0.39 is 0 Å². The monoisotopic (exact) mass is 214 g/mol. The van der Waals surface area contributed by atoms with E-state index in [1.807, 2.05) is 6.92 Å². The minimum atomic E-state index is -0.00898. The van der Waals surface area contributed by atoms with E-state index in [1.165, 1.54) is 6.42 Å². The quantitative estimate of drug-likeness (QED) is 0.718. The van der Waals surface area contributed by atoms with Gasteiger partial charge in [-0.2, -0.15) is 0 Å². The minimum Gasteiger partial charge on any atom is -0.289 e. The number of likely N-dealkylation sites (tertiary alicyclic amines) is 1. The van der Waals surface area contributed by atoms with Gasteiger partial charge in [0.25, 0.3) is 5.91 Å². The zero-order chi connectivity index (χ0) is 11.3. The van der Waals surface area contributed by atoms with E-state index in [0.717, 1.165) is 19.4 Å². The van der Waals surface area contributed by atoms with E-state index >= 15 is 0 Å². The molecular formula is C11H22N2O2. The Morgan fingerprint density at radius 1 is 1.53 bits per heavy atom. The molecule has 1 amide bonds. The molecule has 1 fully saturated rings. The van der Waals surface area contributed by atoms with E-state index in [1.54, 1.807) is 0 Å². The van der Waals surface area contributed by atoms with Gasteiger partial charge < -0.3 is 0 Å². The van der Waals surface area contributed by atoms with Crippen molar-refractivity contribution in [3.8, 4) is 0 Å². The fourth-order valence-corrected chi connectivity index (χ4v) is 2.06. The SMILES string of the molecule is CCONC(=O)C1CCCCN1C(C)C. The zero-order valence-electron chi connectivity index (χ0n) is 9.95. The maximum atomic E-state index is 11.8. The molecule has 1 aliphatic heterocycles. The number of hydrogen-bond donors (Lipinski definition) is 1. The molecule has 1 unspecified atom stereocenters. The van der Waals surface area contributed by atoms with Crippen LogP contribution in [0.4, 0.5) is 0 Å². The first-order valence-electron chi connectivity index (χ1n) is 5.84. The molecule has 1 atom stereocenters. The van der Waals surface area contributed by atoms with Gasteiger partial charge in [0.15, 0.2) is 0 Å². The Labute approximate surface area is 91.9 Å². The summed E-state index contributed by atoms with van der Waals surface area (Å²) in [5.74, 6) is 0.00486. The summed E-state index contributed by atoms with van der Waals surface area (Å²) in [6.07, 6.45) is 3.26. The molecule has 88 valence electrons. The summed E-state index contributed by atoms with van der Waals surface area (Å²) in [4.78, 5) is 19.0. The van der Waals surface area contributed by atoms with Crippen molar-refractivity contribution in [2.75, 3.05) is 13.2 Å². The second-order valence-corrected chi connectivity index (χ2v) is 4.24. The van der Waals surface area contributed by atoms with Crippen LogP contribution in [-0.4, -0.2) is 36.0 Å². The number of hydroxylamine groups is 1. The third kappa shape index (κ3) is 3.47. The molecule has 1 aliphatic rings. The normalized spacial score (nSPS) is 23.1. The van der Waals surface area contributed by atoms with Crippen molar-refractivity contribution in [2.24, 2.45) is 0 Å². The predicted octanol–water partition coefficient (Wildman–Crippen LogP) is 1.32. The van der Waals surface area contributed by atoms with E-state index in [2.05, 4.69) is 24.2 Å². The number of amides is 1. The Morgan fingerprint density at radius 2 is 2.27 bits per heavy atom. The third-order valence-electron chi connectivity index (χ3n) is 2.83. The Hall–Kier alpha value is -0.610. The van der Waals surface area contributed by atoms with Crippen LogP contribution in [0.3, 0.4) is 0 Å². The number of nitrogens with zero attached hydrogens (tertiary/aromatic N) is 1. The van der Waals surface area contributed by atoms with E-state index in [-0.39, 0.29) is 11.9 Å². The van der Waals surface area contributed by atoms with Gasteiger partial charge in [-0.1, -0.05) is 6.42 Å². The van der Waals surface area contributed by atoms with Crippen molar-refractivity contribution in [3.63, 3.8) is 0 Å². The first-order chi connectivity index (χ1) is 7.16. The van der Waals surface area contributed by atoms with E-state index in [0.29, 0.717) is 12.6 Å². The molecule has 1 saturated heterocycles. The number of rotatable bonds is 4. The summed E-state index contributed by atoms with van der Waals surface area (Å²) in [6.45, 7) is 7.65. The van der Waals surface area contributed by atoms with Crippen LogP contribution in [-0.2, 0) is 9.63 Å². The fourth-order valence-electron chi connectivity index (χ4n) is 2.06. The average Bonchev–Trinajstić information content (AvgIpc) is 2.25. The van der Waals surface area contributed by atoms with Crippen molar-refractivity contribution in [1.29, 1.82) is 0 Å². The molecule has 15 heavy (non-hydrogen) atoms. The molecule has 1 rings (SSSR count). The second-order valence-electron chi connectivity index (χ2n) is 4.24. The zero-order valence-corrected chi connectivity index (χ0v) is 9.95. The molecule has 1 heterocycles. The van der Waals surface area contributed by atoms with Crippen LogP contribution >= 0.6 is 0 Å². The second kappa shape index (κ2) is 6.08. The molecule has 0 bridgehead atoms. The smallest absolute Gasteiger partial charge is 0.260 e. The molecule has 0 aliphatic carbocycles. The summed E-state index contributed by atoms with van der Waals surface area (Å²) >= 11 is 0. The summed E-state index contributed by atoms with van der Waals surface area (Å²) in [5, 5.41) is 0. The van der Waals surface area contributed by atoms with Gasteiger partial charge in [0, 0.05) is 6.04 Å². The van der Waals surface area contributed by atoms with Crippen LogP contribution in [0.25, 0.3) is 0 Å². The highest BCUT2D eigenvalue weighted by molar-refractivity contribution is 5.80. The Kier molecular flexibility index (Phi) is 5.05. The van der Waals surface area contributed by atoms with Crippen LogP contribution in [0.2, 0.25) is 0 Å². The molecule has 0 spiro atoms. The van der Waals surface area contributed by atoms with Crippen molar-refractivity contribution in [2.45, 2.75) is 52.1 Å². The highest BCUT2D eigenvalue weighted by Gasteiger charge is 2.30. The summed E-state index contributed by atoms with van der Waals surface area (Å²) in [6, 6.07) is 0.410.